The second-order valence-electron chi connectivity index (χ2n) is 7.35. The molecule has 0 amide bonds. The number of esters is 2. The van der Waals surface area contributed by atoms with Gasteiger partial charge in [-0.05, 0) is 51.4 Å². The first kappa shape index (κ1) is 22.0. The van der Waals surface area contributed by atoms with Crippen LogP contribution in [0.25, 0.3) is 0 Å². The highest BCUT2D eigenvalue weighted by atomic mass is 16.5. The van der Waals surface area contributed by atoms with Gasteiger partial charge in [-0.3, -0.25) is 9.59 Å². The van der Waals surface area contributed by atoms with E-state index in [1.54, 1.807) is 0 Å². The molecule has 4 heteroatoms. The van der Waals surface area contributed by atoms with Gasteiger partial charge in [0.25, 0.3) is 0 Å². The van der Waals surface area contributed by atoms with Crippen LogP contribution in [-0.2, 0) is 19.1 Å². The molecular weight excluding hydrogens is 316 g/mol. The molecule has 0 saturated carbocycles. The number of rotatable bonds is 9. The maximum absolute atomic E-state index is 10.9. The van der Waals surface area contributed by atoms with Gasteiger partial charge in [0.15, 0.2) is 0 Å². The summed E-state index contributed by atoms with van der Waals surface area (Å²) in [6.45, 7) is 4.40. The Bertz CT molecular complexity index is 367. The molecule has 2 unspecified atom stereocenters. The molecular formula is C21H38O4. The van der Waals surface area contributed by atoms with E-state index < -0.39 is 0 Å². The largest absolute Gasteiger partial charge is 0.462 e. The van der Waals surface area contributed by atoms with Crippen molar-refractivity contribution in [2.75, 3.05) is 0 Å². The molecule has 2 fully saturated rings. The molecule has 0 aliphatic carbocycles. The normalized spacial score (nSPS) is 23.3. The standard InChI is InChI=1S/C11H20O2.C10H18O2/c1-2-3-4-5-7-10-8-6-9-11(12)13-10;1-2-3-4-6-9-7-5-8-10(11)12-9/h10H,2-9H2,1H3;9H,2-8H2,1H3. The van der Waals surface area contributed by atoms with Crippen LogP contribution >= 0.6 is 0 Å². The highest BCUT2D eigenvalue weighted by Gasteiger charge is 2.20. The zero-order valence-corrected chi connectivity index (χ0v) is 16.4. The summed E-state index contributed by atoms with van der Waals surface area (Å²) in [5.41, 5.74) is 0. The van der Waals surface area contributed by atoms with Crippen molar-refractivity contribution in [3.05, 3.63) is 0 Å². The molecule has 2 rings (SSSR count). The SMILES string of the molecule is CCCCCC1CCCC(=O)O1.CCCCCCC1CCCC(=O)O1. The summed E-state index contributed by atoms with van der Waals surface area (Å²) in [5, 5.41) is 0. The Hall–Kier alpha value is -1.06. The Labute approximate surface area is 154 Å². The van der Waals surface area contributed by atoms with Crippen LogP contribution < -0.4 is 0 Å². The predicted molar refractivity (Wildman–Crippen MR) is 100 cm³/mol. The van der Waals surface area contributed by atoms with Gasteiger partial charge in [-0.1, -0.05) is 46.0 Å². The monoisotopic (exact) mass is 354 g/mol. The minimum atomic E-state index is 0.00254. The van der Waals surface area contributed by atoms with Crippen molar-refractivity contribution in [2.45, 2.75) is 122 Å². The Morgan fingerprint density at radius 3 is 1.60 bits per heavy atom. The molecule has 2 saturated heterocycles. The van der Waals surface area contributed by atoms with Gasteiger partial charge >= 0.3 is 11.9 Å². The molecule has 0 aromatic carbocycles. The highest BCUT2D eigenvalue weighted by molar-refractivity contribution is 5.70. The van der Waals surface area contributed by atoms with Crippen molar-refractivity contribution >= 4 is 11.9 Å². The number of carbonyl (C=O) groups is 2. The Morgan fingerprint density at radius 2 is 1.16 bits per heavy atom. The lowest BCUT2D eigenvalue weighted by atomic mass is 10.0. The molecule has 2 heterocycles. The maximum atomic E-state index is 10.9. The van der Waals surface area contributed by atoms with Crippen molar-refractivity contribution in [2.24, 2.45) is 0 Å². The third-order valence-corrected chi connectivity index (χ3v) is 4.92. The van der Waals surface area contributed by atoms with Gasteiger partial charge in [0.1, 0.15) is 12.2 Å². The summed E-state index contributed by atoms with van der Waals surface area (Å²) in [6, 6.07) is 0. The molecule has 0 aromatic rings. The van der Waals surface area contributed by atoms with Gasteiger partial charge < -0.3 is 9.47 Å². The summed E-state index contributed by atoms with van der Waals surface area (Å²) < 4.78 is 10.4. The van der Waals surface area contributed by atoms with Crippen molar-refractivity contribution in [3.63, 3.8) is 0 Å². The van der Waals surface area contributed by atoms with Crippen LogP contribution in [0.2, 0.25) is 0 Å². The molecule has 0 aromatic heterocycles. The molecule has 4 nitrogen and oxygen atoms in total. The van der Waals surface area contributed by atoms with E-state index >= 15 is 0 Å². The second-order valence-corrected chi connectivity index (χ2v) is 7.35. The third-order valence-electron chi connectivity index (χ3n) is 4.92. The van der Waals surface area contributed by atoms with Gasteiger partial charge in [-0.2, -0.15) is 0 Å². The predicted octanol–water partition coefficient (Wildman–Crippen LogP) is 5.71. The van der Waals surface area contributed by atoms with Crippen LogP contribution in [0.15, 0.2) is 0 Å². The quantitative estimate of drug-likeness (QED) is 0.393. The van der Waals surface area contributed by atoms with Crippen LogP contribution in [0, 0.1) is 0 Å². The second kappa shape index (κ2) is 14.1. The number of hydrogen-bond donors (Lipinski definition) is 0. The molecule has 2 atom stereocenters. The summed E-state index contributed by atoms with van der Waals surface area (Å²) in [6.07, 6.45) is 16.8. The topological polar surface area (TPSA) is 52.6 Å². The fraction of sp³-hybridized carbons (Fsp3) is 0.905. The average Bonchev–Trinajstić information content (AvgIpc) is 2.60. The summed E-state index contributed by atoms with van der Waals surface area (Å²) in [7, 11) is 0. The van der Waals surface area contributed by atoms with E-state index in [2.05, 4.69) is 13.8 Å². The Morgan fingerprint density at radius 1 is 0.720 bits per heavy atom. The zero-order chi connectivity index (χ0) is 18.3. The van der Waals surface area contributed by atoms with Crippen molar-refractivity contribution in [1.29, 1.82) is 0 Å². The van der Waals surface area contributed by atoms with Gasteiger partial charge in [0.05, 0.1) is 0 Å². The molecule has 25 heavy (non-hydrogen) atoms. The third kappa shape index (κ3) is 11.2. The molecule has 146 valence electrons. The van der Waals surface area contributed by atoms with Crippen LogP contribution in [-0.4, -0.2) is 24.1 Å². The van der Waals surface area contributed by atoms with Gasteiger partial charge in [0.2, 0.25) is 0 Å². The summed E-state index contributed by atoms with van der Waals surface area (Å²) in [4.78, 5) is 21.8. The van der Waals surface area contributed by atoms with E-state index in [9.17, 15) is 9.59 Å². The first-order chi connectivity index (χ1) is 12.2. The summed E-state index contributed by atoms with van der Waals surface area (Å²) >= 11 is 0. The average molecular weight is 355 g/mol. The Balaban J connectivity index is 0.000000251. The smallest absolute Gasteiger partial charge is 0.306 e. The molecule has 0 spiro atoms. The number of carbonyl (C=O) groups excluding carboxylic acids is 2. The molecule has 0 bridgehead atoms. The fourth-order valence-electron chi connectivity index (χ4n) is 3.38. The van der Waals surface area contributed by atoms with E-state index in [0.717, 1.165) is 38.5 Å². The van der Waals surface area contributed by atoms with E-state index in [1.807, 2.05) is 0 Å². The van der Waals surface area contributed by atoms with Crippen LogP contribution in [0.1, 0.15) is 110 Å². The lowest BCUT2D eigenvalue weighted by Gasteiger charge is -2.21. The highest BCUT2D eigenvalue weighted by Crippen LogP contribution is 2.20. The number of hydrogen-bond acceptors (Lipinski definition) is 4. The first-order valence-corrected chi connectivity index (χ1v) is 10.5. The van der Waals surface area contributed by atoms with E-state index in [0.29, 0.717) is 12.8 Å². The maximum Gasteiger partial charge on any atom is 0.306 e. The van der Waals surface area contributed by atoms with Crippen LogP contribution in [0.5, 0.6) is 0 Å². The van der Waals surface area contributed by atoms with E-state index in [4.69, 9.17) is 9.47 Å². The molecule has 0 N–H and O–H groups in total. The molecule has 2 aliphatic heterocycles. The Kier molecular flexibility index (Phi) is 12.4. The zero-order valence-electron chi connectivity index (χ0n) is 16.4. The van der Waals surface area contributed by atoms with E-state index in [-0.39, 0.29) is 24.1 Å². The molecule has 0 radical (unpaired) electrons. The number of cyclic esters (lactones) is 2. The summed E-state index contributed by atoms with van der Waals surface area (Å²) in [5.74, 6) is 0.00879. The van der Waals surface area contributed by atoms with Gasteiger partial charge in [-0.25, -0.2) is 0 Å². The van der Waals surface area contributed by atoms with Crippen molar-refractivity contribution < 1.29 is 19.1 Å². The van der Waals surface area contributed by atoms with Crippen LogP contribution in [0.3, 0.4) is 0 Å². The van der Waals surface area contributed by atoms with Crippen LogP contribution in [0.4, 0.5) is 0 Å². The number of ether oxygens (including phenoxy) is 2. The minimum Gasteiger partial charge on any atom is -0.462 e. The minimum absolute atomic E-state index is 0.00254. The lowest BCUT2D eigenvalue weighted by Crippen LogP contribution is -2.23. The lowest BCUT2D eigenvalue weighted by molar-refractivity contribution is -0.155. The molecule has 2 aliphatic rings. The first-order valence-electron chi connectivity index (χ1n) is 10.5. The van der Waals surface area contributed by atoms with Crippen molar-refractivity contribution in [3.8, 4) is 0 Å². The van der Waals surface area contributed by atoms with Crippen molar-refractivity contribution in [1.82, 2.24) is 0 Å². The number of unbranched alkanes of at least 4 members (excludes halogenated alkanes) is 5. The fourth-order valence-corrected chi connectivity index (χ4v) is 3.38. The van der Waals surface area contributed by atoms with Gasteiger partial charge in [0, 0.05) is 12.8 Å². The van der Waals surface area contributed by atoms with E-state index in [1.165, 1.54) is 44.9 Å². The van der Waals surface area contributed by atoms with Gasteiger partial charge in [-0.15, -0.1) is 0 Å².